The largest absolute Gasteiger partial charge is 0.372 e. The van der Waals surface area contributed by atoms with Gasteiger partial charge in [-0.3, -0.25) is 0 Å². The van der Waals surface area contributed by atoms with Crippen LogP contribution in [-0.4, -0.2) is 17.0 Å². The maximum atomic E-state index is 13.4. The lowest BCUT2D eigenvalue weighted by atomic mass is 10.2. The van der Waals surface area contributed by atoms with Crippen molar-refractivity contribution in [3.8, 4) is 11.4 Å². The number of benzene rings is 1. The van der Waals surface area contributed by atoms with Gasteiger partial charge in [0.25, 0.3) is 0 Å². The van der Waals surface area contributed by atoms with Gasteiger partial charge in [-0.25, -0.2) is 14.4 Å². The first-order chi connectivity index (χ1) is 10.1. The van der Waals surface area contributed by atoms with E-state index >= 15 is 0 Å². The number of rotatable bonds is 3. The van der Waals surface area contributed by atoms with Crippen LogP contribution in [-0.2, 0) is 6.42 Å². The number of hydrogen-bond acceptors (Lipinski definition) is 4. The Hall–Kier alpha value is -1.53. The van der Waals surface area contributed by atoms with E-state index in [0.717, 1.165) is 28.0 Å². The Balaban J connectivity index is 2.20. The van der Waals surface area contributed by atoms with Crippen molar-refractivity contribution in [2.75, 3.05) is 12.4 Å². The lowest BCUT2D eigenvalue weighted by Gasteiger charge is -2.06. The number of aromatic nitrogens is 2. The Labute approximate surface area is 134 Å². The van der Waals surface area contributed by atoms with E-state index in [1.807, 2.05) is 7.05 Å². The summed E-state index contributed by atoms with van der Waals surface area (Å²) in [4.78, 5) is 11.4. The minimum Gasteiger partial charge on any atom is -0.372 e. The third-order valence-electron chi connectivity index (χ3n) is 3.21. The summed E-state index contributed by atoms with van der Waals surface area (Å²) in [6.07, 6.45) is 0.974. The Morgan fingerprint density at radius 2 is 2.10 bits per heavy atom. The fraction of sp³-hybridized carbons (Fsp3) is 0.200. The summed E-state index contributed by atoms with van der Waals surface area (Å²) in [5, 5.41) is 4.15. The quantitative estimate of drug-likeness (QED) is 0.719. The normalized spacial score (nSPS) is 11.0. The molecule has 2 aromatic heterocycles. The first-order valence-electron chi connectivity index (χ1n) is 6.56. The van der Waals surface area contributed by atoms with Crippen LogP contribution in [0.3, 0.4) is 0 Å². The molecule has 0 atom stereocenters. The molecule has 0 amide bonds. The van der Waals surface area contributed by atoms with E-state index < -0.39 is 0 Å². The second kappa shape index (κ2) is 5.69. The van der Waals surface area contributed by atoms with Gasteiger partial charge in [0, 0.05) is 17.5 Å². The number of nitrogens with one attached hydrogen (secondary N) is 1. The van der Waals surface area contributed by atoms with Crippen molar-refractivity contribution in [2.45, 2.75) is 13.3 Å². The standard InChI is InChI=1S/C15H13BrFN3S/c1-3-9-7-10-14(18-2)19-13(20-15(10)21-9)8-4-5-12(17)11(16)6-8/h4-7H,3H2,1-2H3,(H,18,19,20). The summed E-state index contributed by atoms with van der Waals surface area (Å²) in [5.74, 6) is 1.10. The molecule has 0 fully saturated rings. The molecule has 2 heterocycles. The molecular weight excluding hydrogens is 353 g/mol. The van der Waals surface area contributed by atoms with Crippen LogP contribution < -0.4 is 5.32 Å². The lowest BCUT2D eigenvalue weighted by Crippen LogP contribution is -1.97. The van der Waals surface area contributed by atoms with Crippen LogP contribution in [0.25, 0.3) is 21.6 Å². The maximum absolute atomic E-state index is 13.4. The second-order valence-corrected chi connectivity index (χ2v) is 6.53. The van der Waals surface area contributed by atoms with Crippen molar-refractivity contribution in [1.29, 1.82) is 0 Å². The minimum absolute atomic E-state index is 0.293. The number of fused-ring (bicyclic) bond motifs is 1. The Morgan fingerprint density at radius 3 is 2.76 bits per heavy atom. The van der Waals surface area contributed by atoms with E-state index in [-0.39, 0.29) is 5.82 Å². The van der Waals surface area contributed by atoms with Gasteiger partial charge in [0.1, 0.15) is 16.5 Å². The Morgan fingerprint density at radius 1 is 1.29 bits per heavy atom. The maximum Gasteiger partial charge on any atom is 0.163 e. The third-order valence-corrected chi connectivity index (χ3v) is 4.99. The fourth-order valence-electron chi connectivity index (χ4n) is 2.10. The average molecular weight is 366 g/mol. The van der Waals surface area contributed by atoms with Crippen LogP contribution in [0.4, 0.5) is 10.2 Å². The number of aryl methyl sites for hydroxylation is 1. The van der Waals surface area contributed by atoms with E-state index in [0.29, 0.717) is 10.3 Å². The van der Waals surface area contributed by atoms with Gasteiger partial charge in [0.15, 0.2) is 5.82 Å². The third kappa shape index (κ3) is 2.65. The molecule has 0 aliphatic carbocycles. The fourth-order valence-corrected chi connectivity index (χ4v) is 3.45. The summed E-state index contributed by atoms with van der Waals surface area (Å²) in [6, 6.07) is 6.92. The molecule has 3 nitrogen and oxygen atoms in total. The highest BCUT2D eigenvalue weighted by Crippen LogP contribution is 2.32. The average Bonchev–Trinajstić information content (AvgIpc) is 2.92. The van der Waals surface area contributed by atoms with Gasteiger partial charge in [0.2, 0.25) is 0 Å². The van der Waals surface area contributed by atoms with Crippen molar-refractivity contribution in [3.63, 3.8) is 0 Å². The summed E-state index contributed by atoms with van der Waals surface area (Å²) in [7, 11) is 1.84. The lowest BCUT2D eigenvalue weighted by molar-refractivity contribution is 0.621. The van der Waals surface area contributed by atoms with Gasteiger partial charge < -0.3 is 5.32 Å². The molecule has 21 heavy (non-hydrogen) atoms. The Bertz CT molecular complexity index is 816. The molecule has 0 saturated heterocycles. The summed E-state index contributed by atoms with van der Waals surface area (Å²) in [6.45, 7) is 2.12. The van der Waals surface area contributed by atoms with Crippen molar-refractivity contribution >= 4 is 43.3 Å². The van der Waals surface area contributed by atoms with E-state index in [9.17, 15) is 4.39 Å². The number of anilines is 1. The van der Waals surface area contributed by atoms with Gasteiger partial charge in [-0.15, -0.1) is 11.3 Å². The molecule has 6 heteroatoms. The summed E-state index contributed by atoms with van der Waals surface area (Å²) < 4.78 is 13.8. The molecule has 1 N–H and O–H groups in total. The van der Waals surface area contributed by atoms with Gasteiger partial charge in [-0.2, -0.15) is 0 Å². The summed E-state index contributed by atoms with van der Waals surface area (Å²) in [5.41, 5.74) is 0.785. The van der Waals surface area contributed by atoms with Crippen LogP contribution in [0, 0.1) is 5.82 Å². The first kappa shape index (κ1) is 14.4. The second-order valence-electron chi connectivity index (χ2n) is 4.56. The zero-order valence-electron chi connectivity index (χ0n) is 11.6. The van der Waals surface area contributed by atoms with Gasteiger partial charge in [-0.05, 0) is 46.6 Å². The van der Waals surface area contributed by atoms with Gasteiger partial charge in [-0.1, -0.05) is 6.92 Å². The van der Waals surface area contributed by atoms with Gasteiger partial charge >= 0.3 is 0 Å². The SMILES string of the molecule is CCc1cc2c(NC)nc(-c3ccc(F)c(Br)c3)nc2s1. The highest BCUT2D eigenvalue weighted by atomic mass is 79.9. The summed E-state index contributed by atoms with van der Waals surface area (Å²) >= 11 is 4.87. The minimum atomic E-state index is -0.293. The van der Waals surface area contributed by atoms with E-state index in [1.54, 1.807) is 23.5 Å². The van der Waals surface area contributed by atoms with E-state index in [1.165, 1.54) is 10.9 Å². The smallest absolute Gasteiger partial charge is 0.163 e. The predicted molar refractivity (Wildman–Crippen MR) is 89.4 cm³/mol. The Kier molecular flexibility index (Phi) is 3.91. The van der Waals surface area contributed by atoms with Crippen molar-refractivity contribution in [1.82, 2.24) is 9.97 Å². The van der Waals surface area contributed by atoms with E-state index in [2.05, 4.69) is 44.2 Å². The molecule has 0 spiro atoms. The molecular formula is C15H13BrFN3S. The van der Waals surface area contributed by atoms with Crippen molar-refractivity contribution in [2.24, 2.45) is 0 Å². The molecule has 0 bridgehead atoms. The van der Waals surface area contributed by atoms with Crippen molar-refractivity contribution in [3.05, 3.63) is 39.4 Å². The molecule has 0 radical (unpaired) electrons. The number of hydrogen-bond donors (Lipinski definition) is 1. The van der Waals surface area contributed by atoms with Crippen LogP contribution in [0.15, 0.2) is 28.7 Å². The van der Waals surface area contributed by atoms with Crippen LogP contribution in [0.2, 0.25) is 0 Å². The molecule has 1 aromatic carbocycles. The number of halogens is 2. The van der Waals surface area contributed by atoms with Crippen LogP contribution in [0.1, 0.15) is 11.8 Å². The zero-order valence-corrected chi connectivity index (χ0v) is 14.0. The predicted octanol–water partition coefficient (Wildman–Crippen LogP) is 4.86. The van der Waals surface area contributed by atoms with Crippen LogP contribution in [0.5, 0.6) is 0 Å². The number of nitrogens with zero attached hydrogens (tertiary/aromatic N) is 2. The van der Waals surface area contributed by atoms with Gasteiger partial charge in [0.05, 0.1) is 9.86 Å². The van der Waals surface area contributed by atoms with E-state index in [4.69, 9.17) is 0 Å². The molecule has 0 aliphatic heterocycles. The number of thiophene rings is 1. The molecule has 3 aromatic rings. The molecule has 0 unspecified atom stereocenters. The topological polar surface area (TPSA) is 37.8 Å². The molecule has 0 saturated carbocycles. The van der Waals surface area contributed by atoms with Crippen LogP contribution >= 0.6 is 27.3 Å². The zero-order chi connectivity index (χ0) is 15.0. The highest BCUT2D eigenvalue weighted by molar-refractivity contribution is 9.10. The van der Waals surface area contributed by atoms with Crippen molar-refractivity contribution < 1.29 is 4.39 Å². The molecule has 0 aliphatic rings. The molecule has 3 rings (SSSR count). The monoisotopic (exact) mass is 365 g/mol. The highest BCUT2D eigenvalue weighted by Gasteiger charge is 2.12. The first-order valence-corrected chi connectivity index (χ1v) is 8.17. The molecule has 108 valence electrons.